The van der Waals surface area contributed by atoms with Gasteiger partial charge in [0, 0.05) is 19.7 Å². The lowest BCUT2D eigenvalue weighted by molar-refractivity contribution is 0.393. The summed E-state index contributed by atoms with van der Waals surface area (Å²) in [6.45, 7) is 0.639. The summed E-state index contributed by atoms with van der Waals surface area (Å²) in [6, 6.07) is 14.1. The second-order valence-corrected chi connectivity index (χ2v) is 5.04. The maximum atomic E-state index is 5.77. The summed E-state index contributed by atoms with van der Waals surface area (Å²) < 4.78 is 16.4. The smallest absolute Gasteiger partial charge is 0.298 e. The van der Waals surface area contributed by atoms with Crippen molar-refractivity contribution in [2.75, 3.05) is 26.2 Å². The maximum absolute atomic E-state index is 5.77. The largest absolute Gasteiger partial charge is 0.497 e. The van der Waals surface area contributed by atoms with E-state index in [1.54, 1.807) is 14.2 Å². The first kappa shape index (κ1) is 14.3. The highest BCUT2D eigenvalue weighted by atomic mass is 16.5. The van der Waals surface area contributed by atoms with Crippen molar-refractivity contribution in [1.82, 2.24) is 4.98 Å². The standard InChI is InChI=1S/C17H18N2O3/c1-19(17-18-15-6-4-5-7-16(15)22-17)11-12-8-13(20-2)10-14(9-12)21-3/h4-10H,11H2,1-3H3. The number of rotatable bonds is 5. The van der Waals surface area contributed by atoms with Crippen LogP contribution in [0.4, 0.5) is 6.01 Å². The first-order valence-corrected chi connectivity index (χ1v) is 6.98. The van der Waals surface area contributed by atoms with E-state index in [9.17, 15) is 0 Å². The molecule has 5 heteroatoms. The molecule has 0 N–H and O–H groups in total. The van der Waals surface area contributed by atoms with Gasteiger partial charge in [0.25, 0.3) is 6.01 Å². The Morgan fingerprint density at radius 3 is 2.36 bits per heavy atom. The van der Waals surface area contributed by atoms with Crippen molar-refractivity contribution in [2.24, 2.45) is 0 Å². The summed E-state index contributed by atoms with van der Waals surface area (Å²) >= 11 is 0. The minimum atomic E-state index is 0.586. The second kappa shape index (κ2) is 5.97. The number of anilines is 1. The van der Waals surface area contributed by atoms with Gasteiger partial charge >= 0.3 is 0 Å². The zero-order chi connectivity index (χ0) is 15.5. The molecule has 0 amide bonds. The van der Waals surface area contributed by atoms with Crippen molar-refractivity contribution in [3.05, 3.63) is 48.0 Å². The number of hydrogen-bond acceptors (Lipinski definition) is 5. The molecule has 3 rings (SSSR count). The number of ether oxygens (including phenoxy) is 2. The summed E-state index contributed by atoms with van der Waals surface area (Å²) in [6.07, 6.45) is 0. The van der Waals surface area contributed by atoms with Crippen LogP contribution in [0, 0.1) is 0 Å². The molecule has 0 aliphatic carbocycles. The molecular weight excluding hydrogens is 280 g/mol. The van der Waals surface area contributed by atoms with Crippen molar-refractivity contribution in [3.8, 4) is 11.5 Å². The lowest BCUT2D eigenvalue weighted by Crippen LogP contribution is -2.16. The van der Waals surface area contributed by atoms with Crippen LogP contribution in [0.5, 0.6) is 11.5 Å². The van der Waals surface area contributed by atoms with Gasteiger partial charge in [0.1, 0.15) is 17.0 Å². The Hall–Kier alpha value is -2.69. The minimum Gasteiger partial charge on any atom is -0.497 e. The molecule has 22 heavy (non-hydrogen) atoms. The number of benzene rings is 2. The number of nitrogens with zero attached hydrogens (tertiary/aromatic N) is 2. The monoisotopic (exact) mass is 298 g/mol. The van der Waals surface area contributed by atoms with Crippen molar-refractivity contribution in [3.63, 3.8) is 0 Å². The Labute approximate surface area is 129 Å². The van der Waals surface area contributed by atoms with Gasteiger partial charge in [-0.15, -0.1) is 0 Å². The van der Waals surface area contributed by atoms with Crippen molar-refractivity contribution >= 4 is 17.1 Å². The number of hydrogen-bond donors (Lipinski definition) is 0. The van der Waals surface area contributed by atoms with Crippen LogP contribution in [0.15, 0.2) is 46.9 Å². The van der Waals surface area contributed by atoms with E-state index >= 15 is 0 Å². The molecule has 0 atom stereocenters. The number of fused-ring (bicyclic) bond motifs is 1. The molecule has 0 saturated heterocycles. The highest BCUT2D eigenvalue weighted by Gasteiger charge is 2.11. The van der Waals surface area contributed by atoms with Gasteiger partial charge in [0.2, 0.25) is 0 Å². The van der Waals surface area contributed by atoms with Crippen LogP contribution in [-0.4, -0.2) is 26.3 Å². The summed E-state index contributed by atoms with van der Waals surface area (Å²) in [5, 5.41) is 0. The van der Waals surface area contributed by atoms with Gasteiger partial charge in [-0.05, 0) is 29.8 Å². The molecule has 0 bridgehead atoms. The molecule has 0 unspecified atom stereocenters. The van der Waals surface area contributed by atoms with Gasteiger partial charge in [-0.1, -0.05) is 12.1 Å². The molecule has 0 spiro atoms. The SMILES string of the molecule is COc1cc(CN(C)c2nc3ccccc3o2)cc(OC)c1. The zero-order valence-corrected chi connectivity index (χ0v) is 12.9. The first-order chi connectivity index (χ1) is 10.7. The topological polar surface area (TPSA) is 47.7 Å². The second-order valence-electron chi connectivity index (χ2n) is 5.04. The fourth-order valence-corrected chi connectivity index (χ4v) is 2.32. The number of oxazole rings is 1. The number of aromatic nitrogens is 1. The molecule has 3 aromatic rings. The van der Waals surface area contributed by atoms with Crippen molar-refractivity contribution in [1.29, 1.82) is 0 Å². The predicted molar refractivity (Wildman–Crippen MR) is 85.7 cm³/mol. The van der Waals surface area contributed by atoms with Gasteiger partial charge in [-0.25, -0.2) is 0 Å². The molecular formula is C17H18N2O3. The van der Waals surface area contributed by atoms with Crippen LogP contribution in [0.2, 0.25) is 0 Å². The lowest BCUT2D eigenvalue weighted by atomic mass is 10.2. The number of methoxy groups -OCH3 is 2. The average Bonchev–Trinajstić information content (AvgIpc) is 2.98. The highest BCUT2D eigenvalue weighted by molar-refractivity contribution is 5.74. The fourth-order valence-electron chi connectivity index (χ4n) is 2.32. The lowest BCUT2D eigenvalue weighted by Gasteiger charge is -2.15. The molecule has 0 aliphatic heterocycles. The summed E-state index contributed by atoms with van der Waals surface area (Å²) in [5.74, 6) is 1.53. The fraction of sp³-hybridized carbons (Fsp3) is 0.235. The molecule has 0 aliphatic rings. The van der Waals surface area contributed by atoms with E-state index < -0.39 is 0 Å². The molecule has 114 valence electrons. The van der Waals surface area contributed by atoms with E-state index in [1.165, 1.54) is 0 Å². The Morgan fingerprint density at radius 2 is 1.73 bits per heavy atom. The third kappa shape index (κ3) is 2.83. The maximum Gasteiger partial charge on any atom is 0.298 e. The molecule has 1 aromatic heterocycles. The molecule has 2 aromatic carbocycles. The summed E-state index contributed by atoms with van der Waals surface area (Å²) in [4.78, 5) is 6.44. The van der Waals surface area contributed by atoms with Crippen molar-refractivity contribution in [2.45, 2.75) is 6.54 Å². The molecule has 5 nitrogen and oxygen atoms in total. The minimum absolute atomic E-state index is 0.586. The van der Waals surface area contributed by atoms with Gasteiger partial charge in [0.15, 0.2) is 5.58 Å². The zero-order valence-electron chi connectivity index (χ0n) is 12.9. The van der Waals surface area contributed by atoms with E-state index in [4.69, 9.17) is 13.9 Å². The molecule has 0 fully saturated rings. The van der Waals surface area contributed by atoms with Crippen molar-refractivity contribution < 1.29 is 13.9 Å². The van der Waals surface area contributed by atoms with E-state index in [0.717, 1.165) is 28.2 Å². The van der Waals surface area contributed by atoms with Gasteiger partial charge < -0.3 is 18.8 Å². The van der Waals surface area contributed by atoms with E-state index in [2.05, 4.69) is 4.98 Å². The average molecular weight is 298 g/mol. The Balaban J connectivity index is 1.85. The van der Waals surface area contributed by atoms with E-state index in [-0.39, 0.29) is 0 Å². The van der Waals surface area contributed by atoms with Crippen LogP contribution in [0.3, 0.4) is 0 Å². The normalized spacial score (nSPS) is 10.7. The molecule has 0 radical (unpaired) electrons. The quantitative estimate of drug-likeness (QED) is 0.721. The summed E-state index contributed by atoms with van der Waals surface area (Å²) in [7, 11) is 5.23. The van der Waals surface area contributed by atoms with E-state index in [0.29, 0.717) is 12.6 Å². The predicted octanol–water partition coefficient (Wildman–Crippen LogP) is 3.48. The third-order valence-electron chi connectivity index (χ3n) is 3.44. The third-order valence-corrected chi connectivity index (χ3v) is 3.44. The van der Waals surface area contributed by atoms with E-state index in [1.807, 2.05) is 54.4 Å². The summed E-state index contributed by atoms with van der Waals surface area (Å²) in [5.41, 5.74) is 2.70. The Bertz CT molecular complexity index is 727. The first-order valence-electron chi connectivity index (χ1n) is 6.98. The van der Waals surface area contributed by atoms with Crippen LogP contribution < -0.4 is 14.4 Å². The van der Waals surface area contributed by atoms with Crippen LogP contribution in [0.25, 0.3) is 11.1 Å². The Morgan fingerprint density at radius 1 is 1.05 bits per heavy atom. The Kier molecular flexibility index (Phi) is 3.87. The highest BCUT2D eigenvalue weighted by Crippen LogP contribution is 2.26. The van der Waals surface area contributed by atoms with Crippen LogP contribution in [-0.2, 0) is 6.54 Å². The molecule has 1 heterocycles. The van der Waals surface area contributed by atoms with Crippen LogP contribution in [0.1, 0.15) is 5.56 Å². The van der Waals surface area contributed by atoms with Gasteiger partial charge in [-0.2, -0.15) is 4.98 Å². The molecule has 0 saturated carbocycles. The number of para-hydroxylation sites is 2. The van der Waals surface area contributed by atoms with Gasteiger partial charge in [-0.3, -0.25) is 0 Å². The van der Waals surface area contributed by atoms with Gasteiger partial charge in [0.05, 0.1) is 14.2 Å². The van der Waals surface area contributed by atoms with Crippen LogP contribution >= 0.6 is 0 Å².